The molecule has 0 radical (unpaired) electrons. The molecule has 1 aliphatic heterocycles. The maximum Gasteiger partial charge on any atom is 0.272 e. The van der Waals surface area contributed by atoms with Crippen molar-refractivity contribution in [2.45, 2.75) is 25.9 Å². The van der Waals surface area contributed by atoms with Gasteiger partial charge in [0.25, 0.3) is 5.91 Å². The number of likely N-dealkylation sites (tertiary alicyclic amines) is 1. The SMILES string of the molecule is Cc1cnc(C(=O)N[C@@H]2CCN(Cc3ccccc3)C2=O)cn1. The Labute approximate surface area is 134 Å². The first kappa shape index (κ1) is 15.1. The number of aryl methyl sites for hydroxylation is 1. The Morgan fingerprint density at radius 3 is 2.74 bits per heavy atom. The number of amides is 2. The number of carbonyl (C=O) groups is 2. The van der Waals surface area contributed by atoms with E-state index in [0.717, 1.165) is 11.3 Å². The van der Waals surface area contributed by atoms with Crippen molar-refractivity contribution < 1.29 is 9.59 Å². The first-order valence-corrected chi connectivity index (χ1v) is 7.56. The van der Waals surface area contributed by atoms with Crippen molar-refractivity contribution in [3.05, 3.63) is 59.7 Å². The van der Waals surface area contributed by atoms with Crippen molar-refractivity contribution in [3.8, 4) is 0 Å². The largest absolute Gasteiger partial charge is 0.339 e. The Morgan fingerprint density at radius 1 is 1.26 bits per heavy atom. The third kappa shape index (κ3) is 3.53. The molecule has 6 nitrogen and oxygen atoms in total. The van der Waals surface area contributed by atoms with Crippen LogP contribution in [0.5, 0.6) is 0 Å². The van der Waals surface area contributed by atoms with Gasteiger partial charge < -0.3 is 10.2 Å². The smallest absolute Gasteiger partial charge is 0.272 e. The third-order valence-electron chi connectivity index (χ3n) is 3.83. The van der Waals surface area contributed by atoms with Gasteiger partial charge in [0.15, 0.2) is 0 Å². The molecule has 2 amide bonds. The molecule has 0 bridgehead atoms. The van der Waals surface area contributed by atoms with Gasteiger partial charge in [-0.05, 0) is 18.9 Å². The lowest BCUT2D eigenvalue weighted by Gasteiger charge is -2.17. The number of nitrogens with zero attached hydrogens (tertiary/aromatic N) is 3. The van der Waals surface area contributed by atoms with Gasteiger partial charge in [-0.2, -0.15) is 0 Å². The van der Waals surface area contributed by atoms with Gasteiger partial charge in [-0.3, -0.25) is 14.6 Å². The summed E-state index contributed by atoms with van der Waals surface area (Å²) in [5, 5.41) is 2.75. The molecule has 0 aliphatic carbocycles. The molecule has 1 atom stereocenters. The Balaban J connectivity index is 1.60. The summed E-state index contributed by atoms with van der Waals surface area (Å²) in [4.78, 5) is 34.4. The predicted molar refractivity (Wildman–Crippen MR) is 84.5 cm³/mol. The third-order valence-corrected chi connectivity index (χ3v) is 3.83. The van der Waals surface area contributed by atoms with Crippen LogP contribution >= 0.6 is 0 Å². The number of hydrogen-bond donors (Lipinski definition) is 1. The molecule has 118 valence electrons. The monoisotopic (exact) mass is 310 g/mol. The second kappa shape index (κ2) is 6.56. The molecule has 0 saturated carbocycles. The van der Waals surface area contributed by atoms with Crippen molar-refractivity contribution in [2.24, 2.45) is 0 Å². The van der Waals surface area contributed by atoms with Crippen molar-refractivity contribution in [3.63, 3.8) is 0 Å². The van der Waals surface area contributed by atoms with E-state index in [4.69, 9.17) is 0 Å². The minimum Gasteiger partial charge on any atom is -0.339 e. The zero-order chi connectivity index (χ0) is 16.2. The predicted octanol–water partition coefficient (Wildman–Crippen LogP) is 1.32. The molecule has 3 rings (SSSR count). The first-order chi connectivity index (χ1) is 11.1. The van der Waals surface area contributed by atoms with E-state index in [1.165, 1.54) is 12.4 Å². The van der Waals surface area contributed by atoms with E-state index in [0.29, 0.717) is 19.5 Å². The Kier molecular flexibility index (Phi) is 4.32. The van der Waals surface area contributed by atoms with Gasteiger partial charge in [-0.1, -0.05) is 30.3 Å². The number of rotatable bonds is 4. The van der Waals surface area contributed by atoms with E-state index >= 15 is 0 Å². The fourth-order valence-electron chi connectivity index (χ4n) is 2.58. The van der Waals surface area contributed by atoms with Crippen LogP contribution in [0.1, 0.15) is 28.2 Å². The Morgan fingerprint density at radius 2 is 2.04 bits per heavy atom. The van der Waals surface area contributed by atoms with Crippen LogP contribution in [0.15, 0.2) is 42.7 Å². The van der Waals surface area contributed by atoms with E-state index in [-0.39, 0.29) is 17.5 Å². The standard InChI is InChI=1S/C17H18N4O2/c1-12-9-19-15(10-18-12)16(22)20-14-7-8-21(17(14)23)11-13-5-3-2-4-6-13/h2-6,9-10,14H,7-8,11H2,1H3,(H,20,22)/t14-/m1/s1. The van der Waals surface area contributed by atoms with Gasteiger partial charge >= 0.3 is 0 Å². The molecule has 1 fully saturated rings. The average molecular weight is 310 g/mol. The van der Waals surface area contributed by atoms with Crippen molar-refractivity contribution in [1.82, 2.24) is 20.2 Å². The number of carbonyl (C=O) groups excluding carboxylic acids is 2. The fourth-order valence-corrected chi connectivity index (χ4v) is 2.58. The topological polar surface area (TPSA) is 75.2 Å². The highest BCUT2D eigenvalue weighted by atomic mass is 16.2. The van der Waals surface area contributed by atoms with Gasteiger partial charge in [0.1, 0.15) is 11.7 Å². The van der Waals surface area contributed by atoms with E-state index in [9.17, 15) is 9.59 Å². The van der Waals surface area contributed by atoms with Crippen LogP contribution in [0.25, 0.3) is 0 Å². The van der Waals surface area contributed by atoms with Gasteiger partial charge in [0.05, 0.1) is 11.9 Å². The highest BCUT2D eigenvalue weighted by Gasteiger charge is 2.32. The summed E-state index contributed by atoms with van der Waals surface area (Å²) in [6.07, 6.45) is 3.57. The summed E-state index contributed by atoms with van der Waals surface area (Å²) in [5.74, 6) is -0.417. The molecule has 6 heteroatoms. The van der Waals surface area contributed by atoms with Crippen molar-refractivity contribution >= 4 is 11.8 Å². The normalized spacial score (nSPS) is 17.3. The summed E-state index contributed by atoms with van der Waals surface area (Å²) >= 11 is 0. The molecule has 0 unspecified atom stereocenters. The highest BCUT2D eigenvalue weighted by molar-refractivity contribution is 5.96. The zero-order valence-electron chi connectivity index (χ0n) is 12.9. The first-order valence-electron chi connectivity index (χ1n) is 7.56. The average Bonchev–Trinajstić information content (AvgIpc) is 2.90. The maximum atomic E-state index is 12.4. The highest BCUT2D eigenvalue weighted by Crippen LogP contribution is 2.15. The van der Waals surface area contributed by atoms with Gasteiger partial charge in [-0.15, -0.1) is 0 Å². The van der Waals surface area contributed by atoms with E-state index in [2.05, 4.69) is 15.3 Å². The molecule has 1 saturated heterocycles. The Hall–Kier alpha value is -2.76. The minimum atomic E-state index is -0.491. The number of benzene rings is 1. The van der Waals surface area contributed by atoms with Gasteiger partial charge in [-0.25, -0.2) is 4.98 Å². The molecule has 0 spiro atoms. The van der Waals surface area contributed by atoms with Crippen LogP contribution in [0.4, 0.5) is 0 Å². The van der Waals surface area contributed by atoms with Crippen LogP contribution in [0.2, 0.25) is 0 Å². The molecule has 23 heavy (non-hydrogen) atoms. The summed E-state index contributed by atoms with van der Waals surface area (Å²) in [6, 6.07) is 9.33. The van der Waals surface area contributed by atoms with Crippen LogP contribution in [-0.2, 0) is 11.3 Å². The summed E-state index contributed by atoms with van der Waals surface area (Å²) in [7, 11) is 0. The minimum absolute atomic E-state index is 0.0535. The quantitative estimate of drug-likeness (QED) is 0.924. The summed E-state index contributed by atoms with van der Waals surface area (Å²) in [6.45, 7) is 3.01. The molecular formula is C17H18N4O2. The van der Waals surface area contributed by atoms with Crippen molar-refractivity contribution in [2.75, 3.05) is 6.54 Å². The maximum absolute atomic E-state index is 12.4. The van der Waals surface area contributed by atoms with Gasteiger partial charge in [0, 0.05) is 19.3 Å². The van der Waals surface area contributed by atoms with Crippen LogP contribution < -0.4 is 5.32 Å². The van der Waals surface area contributed by atoms with Crippen LogP contribution in [0.3, 0.4) is 0 Å². The lowest BCUT2D eigenvalue weighted by molar-refractivity contribution is -0.129. The molecule has 1 N–H and O–H groups in total. The number of aromatic nitrogens is 2. The van der Waals surface area contributed by atoms with Gasteiger partial charge in [0.2, 0.25) is 5.91 Å². The van der Waals surface area contributed by atoms with E-state index in [1.807, 2.05) is 30.3 Å². The van der Waals surface area contributed by atoms with E-state index < -0.39 is 6.04 Å². The van der Waals surface area contributed by atoms with Crippen molar-refractivity contribution in [1.29, 1.82) is 0 Å². The zero-order valence-corrected chi connectivity index (χ0v) is 12.9. The number of nitrogens with one attached hydrogen (secondary N) is 1. The second-order valence-electron chi connectivity index (χ2n) is 5.60. The summed E-state index contributed by atoms with van der Waals surface area (Å²) in [5.41, 5.74) is 2.05. The fraction of sp³-hybridized carbons (Fsp3) is 0.294. The molecular weight excluding hydrogens is 292 g/mol. The van der Waals surface area contributed by atoms with Crippen LogP contribution in [0, 0.1) is 6.92 Å². The molecule has 1 aromatic heterocycles. The lowest BCUT2D eigenvalue weighted by atomic mass is 10.2. The second-order valence-corrected chi connectivity index (χ2v) is 5.60. The lowest BCUT2D eigenvalue weighted by Crippen LogP contribution is -2.41. The molecule has 2 aromatic rings. The summed E-state index contributed by atoms with van der Waals surface area (Å²) < 4.78 is 0. The molecule has 1 aliphatic rings. The van der Waals surface area contributed by atoms with E-state index in [1.54, 1.807) is 11.8 Å². The van der Waals surface area contributed by atoms with Crippen LogP contribution in [-0.4, -0.2) is 39.3 Å². The molecule has 1 aromatic carbocycles. The number of hydrogen-bond acceptors (Lipinski definition) is 4. The Bertz CT molecular complexity index is 700. The molecule has 2 heterocycles.